The first-order valence-electron chi connectivity index (χ1n) is 18.1. The van der Waals surface area contributed by atoms with Gasteiger partial charge in [-0.1, -0.05) is 65.8 Å². The van der Waals surface area contributed by atoms with Crippen molar-refractivity contribution in [2.45, 2.75) is 110 Å². The topological polar surface area (TPSA) is 0 Å². The molecule has 7 rings (SSSR count). The van der Waals surface area contributed by atoms with E-state index in [0.29, 0.717) is 35.5 Å². The molecule has 46 heavy (non-hydrogen) atoms. The summed E-state index contributed by atoms with van der Waals surface area (Å²) in [4.78, 5) is 0. The van der Waals surface area contributed by atoms with E-state index in [4.69, 9.17) is 13.2 Å². The van der Waals surface area contributed by atoms with Crippen molar-refractivity contribution >= 4 is 0 Å². The first kappa shape index (κ1) is 31.5. The molecule has 5 atom stereocenters. The highest BCUT2D eigenvalue weighted by Crippen LogP contribution is 2.64. The van der Waals surface area contributed by atoms with Crippen LogP contribution in [0.3, 0.4) is 0 Å². The van der Waals surface area contributed by atoms with Crippen LogP contribution in [0.4, 0.5) is 0 Å². The highest BCUT2D eigenvalue weighted by atomic mass is 14.5. The Bertz CT molecular complexity index is 1940. The summed E-state index contributed by atoms with van der Waals surface area (Å²) in [6, 6.07) is 0. The van der Waals surface area contributed by atoms with Crippen molar-refractivity contribution in [3.63, 3.8) is 0 Å². The smallest absolute Gasteiger partial charge is 0.0124 e. The predicted molar refractivity (Wildman–Crippen MR) is 198 cm³/mol. The van der Waals surface area contributed by atoms with E-state index >= 15 is 0 Å². The van der Waals surface area contributed by atoms with Crippen LogP contribution in [0.1, 0.15) is 110 Å². The average Bonchev–Trinajstić information content (AvgIpc) is 3.81. The van der Waals surface area contributed by atoms with Gasteiger partial charge in [-0.3, -0.25) is 0 Å². The molecule has 0 amide bonds. The third-order valence-electron chi connectivity index (χ3n) is 14.1. The van der Waals surface area contributed by atoms with Crippen molar-refractivity contribution in [3.8, 4) is 0 Å². The summed E-state index contributed by atoms with van der Waals surface area (Å²) < 4.78 is 0. The highest BCUT2D eigenvalue weighted by molar-refractivity contribution is 5.81. The number of hydrogen-bond donors (Lipinski definition) is 0. The Morgan fingerprint density at radius 2 is 0.891 bits per heavy atom. The molecule has 5 unspecified atom stereocenters. The van der Waals surface area contributed by atoms with Gasteiger partial charge in [0.05, 0.1) is 0 Å². The SMILES string of the molecule is C=C1C2=C(C3=C(C)C(C)=C(C4=C(C)C5=C(C6=C(C(C)=C(C)C6C)C5C(C)C)C4C)C3)C(C)C(=C)C2=C(C2=C(C)C(C)=C(C)C2)C1C. The second-order valence-corrected chi connectivity index (χ2v) is 16.3. The molecule has 0 radical (unpaired) electrons. The molecule has 0 N–H and O–H groups in total. The summed E-state index contributed by atoms with van der Waals surface area (Å²) in [5.41, 5.74) is 33.6. The Hall–Kier alpha value is -3.12. The Morgan fingerprint density at radius 1 is 0.457 bits per heavy atom. The van der Waals surface area contributed by atoms with Gasteiger partial charge in [0.1, 0.15) is 0 Å². The molecule has 0 aromatic heterocycles. The summed E-state index contributed by atoms with van der Waals surface area (Å²) in [6.07, 6.45) is 2.10. The lowest BCUT2D eigenvalue weighted by atomic mass is 9.79. The molecule has 240 valence electrons. The Labute approximate surface area is 280 Å². The summed E-state index contributed by atoms with van der Waals surface area (Å²) >= 11 is 0. The largest absolute Gasteiger partial charge is 0.0946 e. The minimum Gasteiger partial charge on any atom is -0.0946 e. The molecule has 0 saturated carbocycles. The third-order valence-corrected chi connectivity index (χ3v) is 14.1. The van der Waals surface area contributed by atoms with Gasteiger partial charge < -0.3 is 0 Å². The highest BCUT2D eigenvalue weighted by Gasteiger charge is 2.49. The van der Waals surface area contributed by atoms with Gasteiger partial charge in [-0.15, -0.1) is 0 Å². The molecular weight excluding hydrogens is 553 g/mol. The van der Waals surface area contributed by atoms with Crippen LogP contribution in [0.5, 0.6) is 0 Å². The molecule has 0 aromatic carbocycles. The van der Waals surface area contributed by atoms with Crippen LogP contribution in [0, 0.1) is 35.5 Å². The Balaban J connectivity index is 1.31. The zero-order valence-electron chi connectivity index (χ0n) is 31.3. The zero-order valence-corrected chi connectivity index (χ0v) is 31.3. The van der Waals surface area contributed by atoms with Crippen LogP contribution in [-0.4, -0.2) is 0 Å². The van der Waals surface area contributed by atoms with Crippen LogP contribution in [0.2, 0.25) is 0 Å². The molecule has 0 aromatic rings. The Kier molecular flexibility index (Phi) is 6.97. The first-order valence-corrected chi connectivity index (χ1v) is 18.1. The normalized spacial score (nSPS) is 31.6. The molecular formula is C46H56. The van der Waals surface area contributed by atoms with Crippen LogP contribution >= 0.6 is 0 Å². The molecule has 0 spiro atoms. The average molecular weight is 609 g/mol. The lowest BCUT2D eigenvalue weighted by Crippen LogP contribution is -2.14. The van der Waals surface area contributed by atoms with E-state index in [1.165, 1.54) is 66.9 Å². The Morgan fingerprint density at radius 3 is 1.37 bits per heavy atom. The van der Waals surface area contributed by atoms with Gasteiger partial charge in [0.2, 0.25) is 0 Å². The molecule has 0 heterocycles. The van der Waals surface area contributed by atoms with Gasteiger partial charge in [-0.05, 0) is 186 Å². The quantitative estimate of drug-likeness (QED) is 0.298. The standard InChI is InChI=1S/C46H56/c1-19(2)37-41-26(9)22(5)27(10)44(41)46-33(16)38(32(15)45(37)46)35-18-36(25(8)24(35)7)40-29(12)31(14)42-39(28(11)30(13)43(40)42)34-17-20(3)21(4)23(34)6/h19,27-29,33,37H,13-14,17-18H2,1-12,15-16H3. The van der Waals surface area contributed by atoms with E-state index in [2.05, 4.69) is 96.9 Å². The maximum atomic E-state index is 4.79. The minimum absolute atomic E-state index is 0.312. The van der Waals surface area contributed by atoms with E-state index in [0.717, 1.165) is 12.8 Å². The molecule has 7 aliphatic carbocycles. The predicted octanol–water partition coefficient (Wildman–Crippen LogP) is 12.9. The molecule has 0 heteroatoms. The second-order valence-electron chi connectivity index (χ2n) is 16.3. The molecule has 0 nitrogen and oxygen atoms in total. The summed E-state index contributed by atoms with van der Waals surface area (Å²) in [5.74, 6) is 2.73. The van der Waals surface area contributed by atoms with E-state index < -0.39 is 0 Å². The van der Waals surface area contributed by atoms with Crippen molar-refractivity contribution in [3.05, 3.63) is 136 Å². The van der Waals surface area contributed by atoms with Gasteiger partial charge in [0.15, 0.2) is 0 Å². The maximum Gasteiger partial charge on any atom is 0.0124 e. The molecule has 0 fully saturated rings. The van der Waals surface area contributed by atoms with E-state index in [9.17, 15) is 0 Å². The van der Waals surface area contributed by atoms with Crippen LogP contribution < -0.4 is 0 Å². The van der Waals surface area contributed by atoms with E-state index in [-0.39, 0.29) is 0 Å². The van der Waals surface area contributed by atoms with Crippen molar-refractivity contribution in [1.82, 2.24) is 0 Å². The van der Waals surface area contributed by atoms with Gasteiger partial charge in [0.25, 0.3) is 0 Å². The lowest BCUT2D eigenvalue weighted by molar-refractivity contribution is 0.516. The number of rotatable bonds is 4. The zero-order chi connectivity index (χ0) is 33.6. The molecule has 0 aliphatic heterocycles. The van der Waals surface area contributed by atoms with Gasteiger partial charge in [-0.2, -0.15) is 0 Å². The first-order chi connectivity index (χ1) is 21.5. The monoisotopic (exact) mass is 608 g/mol. The fourth-order valence-electron chi connectivity index (χ4n) is 10.9. The summed E-state index contributed by atoms with van der Waals surface area (Å²) in [5, 5.41) is 0. The number of allylic oxidation sites excluding steroid dienone is 22. The van der Waals surface area contributed by atoms with Crippen LogP contribution in [-0.2, 0) is 0 Å². The summed E-state index contributed by atoms with van der Waals surface area (Å²) in [7, 11) is 0. The fraction of sp³-hybridized carbons (Fsp3) is 0.478. The number of hydrogen-bond acceptors (Lipinski definition) is 0. The van der Waals surface area contributed by atoms with Crippen molar-refractivity contribution in [2.24, 2.45) is 35.5 Å². The lowest BCUT2D eigenvalue weighted by Gasteiger charge is -2.25. The fourth-order valence-corrected chi connectivity index (χ4v) is 10.9. The number of fused-ring (bicyclic) bond motifs is 2. The third kappa shape index (κ3) is 3.68. The molecule has 7 aliphatic rings. The van der Waals surface area contributed by atoms with Crippen LogP contribution in [0.25, 0.3) is 0 Å². The van der Waals surface area contributed by atoms with E-state index in [1.54, 1.807) is 55.7 Å². The molecule has 0 bridgehead atoms. The van der Waals surface area contributed by atoms with Crippen molar-refractivity contribution in [1.29, 1.82) is 0 Å². The minimum atomic E-state index is 0.312. The van der Waals surface area contributed by atoms with Gasteiger partial charge in [0, 0.05) is 29.6 Å². The van der Waals surface area contributed by atoms with Gasteiger partial charge >= 0.3 is 0 Å². The second kappa shape index (κ2) is 10.2. The maximum absolute atomic E-state index is 4.79. The van der Waals surface area contributed by atoms with Crippen molar-refractivity contribution in [2.75, 3.05) is 0 Å². The van der Waals surface area contributed by atoms with Gasteiger partial charge in [-0.25, -0.2) is 0 Å². The molecule has 0 saturated heterocycles. The van der Waals surface area contributed by atoms with E-state index in [1.807, 2.05) is 0 Å². The summed E-state index contributed by atoms with van der Waals surface area (Å²) in [6.45, 7) is 43.2. The van der Waals surface area contributed by atoms with Crippen molar-refractivity contribution < 1.29 is 0 Å². The van der Waals surface area contributed by atoms with Crippen LogP contribution in [0.15, 0.2) is 136 Å².